The van der Waals surface area contributed by atoms with Gasteiger partial charge in [0.1, 0.15) is 0 Å². The molecule has 0 unspecified atom stereocenters. The Morgan fingerprint density at radius 3 is 2.29 bits per heavy atom. The van der Waals surface area contributed by atoms with Crippen molar-refractivity contribution in [3.05, 3.63) is 35.9 Å². The van der Waals surface area contributed by atoms with Crippen LogP contribution in [0, 0.1) is 11.8 Å². The average Bonchev–Trinajstić information content (AvgIpc) is 3.37. The SMILES string of the molecule is C[C@H](CCc1ccccc1)NC(=O)NC(C1CC1)C1CC1. The molecule has 2 amide bonds. The van der Waals surface area contributed by atoms with Crippen molar-refractivity contribution in [1.82, 2.24) is 10.6 Å². The third-order valence-electron chi connectivity index (χ3n) is 4.64. The highest BCUT2D eigenvalue weighted by atomic mass is 16.2. The van der Waals surface area contributed by atoms with Crippen LogP contribution in [0.15, 0.2) is 30.3 Å². The summed E-state index contributed by atoms with van der Waals surface area (Å²) in [4.78, 5) is 12.1. The van der Waals surface area contributed by atoms with E-state index in [0.717, 1.165) is 24.7 Å². The van der Waals surface area contributed by atoms with Crippen LogP contribution in [-0.2, 0) is 6.42 Å². The first-order chi connectivity index (χ1) is 10.2. The highest BCUT2D eigenvalue weighted by Gasteiger charge is 2.42. The molecular formula is C18H26N2O. The minimum Gasteiger partial charge on any atom is -0.336 e. The fraction of sp³-hybridized carbons (Fsp3) is 0.611. The van der Waals surface area contributed by atoms with Gasteiger partial charge in [-0.3, -0.25) is 0 Å². The average molecular weight is 286 g/mol. The van der Waals surface area contributed by atoms with Gasteiger partial charge in [-0.1, -0.05) is 30.3 Å². The van der Waals surface area contributed by atoms with Crippen molar-refractivity contribution in [3.63, 3.8) is 0 Å². The number of benzene rings is 1. The van der Waals surface area contributed by atoms with Crippen LogP contribution in [0.4, 0.5) is 4.79 Å². The number of aryl methyl sites for hydroxylation is 1. The molecule has 2 aliphatic rings. The zero-order valence-electron chi connectivity index (χ0n) is 12.8. The van der Waals surface area contributed by atoms with Gasteiger partial charge in [0, 0.05) is 12.1 Å². The largest absolute Gasteiger partial charge is 0.336 e. The van der Waals surface area contributed by atoms with E-state index in [1.165, 1.54) is 31.2 Å². The first-order valence-electron chi connectivity index (χ1n) is 8.33. The first-order valence-corrected chi connectivity index (χ1v) is 8.33. The lowest BCUT2D eigenvalue weighted by Crippen LogP contribution is -2.47. The molecule has 0 saturated heterocycles. The van der Waals surface area contributed by atoms with E-state index in [9.17, 15) is 4.79 Å². The van der Waals surface area contributed by atoms with E-state index in [1.807, 2.05) is 6.07 Å². The zero-order valence-corrected chi connectivity index (χ0v) is 12.8. The van der Waals surface area contributed by atoms with Gasteiger partial charge < -0.3 is 10.6 Å². The topological polar surface area (TPSA) is 41.1 Å². The Labute approximate surface area is 127 Å². The molecule has 3 nitrogen and oxygen atoms in total. The predicted octanol–water partition coefficient (Wildman–Crippen LogP) is 3.50. The summed E-state index contributed by atoms with van der Waals surface area (Å²) < 4.78 is 0. The molecule has 1 atom stereocenters. The Bertz CT molecular complexity index is 453. The lowest BCUT2D eigenvalue weighted by atomic mass is 10.1. The number of nitrogens with one attached hydrogen (secondary N) is 2. The Balaban J connectivity index is 1.39. The highest BCUT2D eigenvalue weighted by Crippen LogP contribution is 2.44. The van der Waals surface area contributed by atoms with Crippen LogP contribution in [0.5, 0.6) is 0 Å². The van der Waals surface area contributed by atoms with Gasteiger partial charge in [0.2, 0.25) is 0 Å². The van der Waals surface area contributed by atoms with Gasteiger partial charge in [0.05, 0.1) is 0 Å². The maximum absolute atomic E-state index is 12.1. The fourth-order valence-corrected chi connectivity index (χ4v) is 3.05. The molecule has 3 heteroatoms. The maximum atomic E-state index is 12.1. The molecule has 0 heterocycles. The smallest absolute Gasteiger partial charge is 0.315 e. The molecule has 1 aromatic rings. The molecule has 2 saturated carbocycles. The van der Waals surface area contributed by atoms with Crippen LogP contribution in [-0.4, -0.2) is 18.1 Å². The summed E-state index contributed by atoms with van der Waals surface area (Å²) in [6, 6.07) is 11.1. The summed E-state index contributed by atoms with van der Waals surface area (Å²) in [6.07, 6.45) is 7.18. The van der Waals surface area contributed by atoms with E-state index in [2.05, 4.69) is 41.8 Å². The molecular weight excluding hydrogens is 260 g/mol. The molecule has 2 N–H and O–H groups in total. The molecule has 0 radical (unpaired) electrons. The standard InChI is InChI=1S/C18H26N2O/c1-13(7-8-14-5-3-2-4-6-14)19-18(21)20-17(15-9-10-15)16-11-12-16/h2-6,13,15-17H,7-12H2,1H3,(H2,19,20,21)/t13-/m1/s1. The molecule has 0 aromatic heterocycles. The second kappa shape index (κ2) is 6.50. The van der Waals surface area contributed by atoms with E-state index in [4.69, 9.17) is 0 Å². The summed E-state index contributed by atoms with van der Waals surface area (Å²) >= 11 is 0. The summed E-state index contributed by atoms with van der Waals surface area (Å²) in [5.74, 6) is 1.51. The van der Waals surface area contributed by atoms with Gasteiger partial charge in [-0.2, -0.15) is 0 Å². The highest BCUT2D eigenvalue weighted by molar-refractivity contribution is 5.74. The van der Waals surface area contributed by atoms with Gasteiger partial charge in [0.25, 0.3) is 0 Å². The van der Waals surface area contributed by atoms with E-state index in [0.29, 0.717) is 6.04 Å². The van der Waals surface area contributed by atoms with Crippen molar-refractivity contribution < 1.29 is 4.79 Å². The van der Waals surface area contributed by atoms with E-state index in [1.54, 1.807) is 0 Å². The molecule has 2 aliphatic carbocycles. The molecule has 0 spiro atoms. The normalized spacial score (nSPS) is 19.3. The van der Waals surface area contributed by atoms with Crippen LogP contribution in [0.3, 0.4) is 0 Å². The number of hydrogen-bond donors (Lipinski definition) is 2. The maximum Gasteiger partial charge on any atom is 0.315 e. The lowest BCUT2D eigenvalue weighted by molar-refractivity contribution is 0.229. The third-order valence-corrected chi connectivity index (χ3v) is 4.64. The molecule has 3 rings (SSSR count). The van der Waals surface area contributed by atoms with Gasteiger partial charge in [-0.05, 0) is 62.8 Å². The van der Waals surface area contributed by atoms with Crippen molar-refractivity contribution in [2.45, 2.75) is 57.5 Å². The van der Waals surface area contributed by atoms with Crippen LogP contribution in [0.25, 0.3) is 0 Å². The Hall–Kier alpha value is -1.51. The molecule has 21 heavy (non-hydrogen) atoms. The minimum atomic E-state index is 0.0272. The van der Waals surface area contributed by atoms with Crippen molar-refractivity contribution in [3.8, 4) is 0 Å². The van der Waals surface area contributed by atoms with E-state index < -0.39 is 0 Å². The number of amides is 2. The van der Waals surface area contributed by atoms with Crippen molar-refractivity contribution >= 4 is 6.03 Å². The quantitative estimate of drug-likeness (QED) is 0.791. The first kappa shape index (κ1) is 14.4. The van der Waals surface area contributed by atoms with Crippen molar-refractivity contribution in [1.29, 1.82) is 0 Å². The van der Waals surface area contributed by atoms with E-state index >= 15 is 0 Å². The monoisotopic (exact) mass is 286 g/mol. The molecule has 0 bridgehead atoms. The van der Waals surface area contributed by atoms with Crippen LogP contribution in [0.1, 0.15) is 44.6 Å². The van der Waals surface area contributed by atoms with Gasteiger partial charge in [-0.15, -0.1) is 0 Å². The summed E-state index contributed by atoms with van der Waals surface area (Å²) in [7, 11) is 0. The van der Waals surface area contributed by atoms with Crippen LogP contribution in [0.2, 0.25) is 0 Å². The molecule has 2 fully saturated rings. The third kappa shape index (κ3) is 4.48. The Kier molecular flexibility index (Phi) is 4.47. The van der Waals surface area contributed by atoms with Crippen molar-refractivity contribution in [2.75, 3.05) is 0 Å². The van der Waals surface area contributed by atoms with Gasteiger partial charge in [0.15, 0.2) is 0 Å². The predicted molar refractivity (Wildman–Crippen MR) is 85.1 cm³/mol. The fourth-order valence-electron chi connectivity index (χ4n) is 3.05. The number of carbonyl (C=O) groups excluding carboxylic acids is 1. The Morgan fingerprint density at radius 2 is 1.71 bits per heavy atom. The Morgan fingerprint density at radius 1 is 1.10 bits per heavy atom. The van der Waals surface area contributed by atoms with Crippen LogP contribution >= 0.6 is 0 Å². The lowest BCUT2D eigenvalue weighted by Gasteiger charge is -2.20. The molecule has 114 valence electrons. The van der Waals surface area contributed by atoms with E-state index in [-0.39, 0.29) is 12.1 Å². The second-order valence-corrected chi connectivity index (χ2v) is 6.74. The second-order valence-electron chi connectivity index (χ2n) is 6.74. The summed E-state index contributed by atoms with van der Waals surface area (Å²) in [5, 5.41) is 6.32. The number of rotatable bonds is 7. The van der Waals surface area contributed by atoms with Gasteiger partial charge >= 0.3 is 6.03 Å². The van der Waals surface area contributed by atoms with Gasteiger partial charge in [-0.25, -0.2) is 4.79 Å². The number of carbonyl (C=O) groups is 1. The zero-order chi connectivity index (χ0) is 14.7. The summed E-state index contributed by atoms with van der Waals surface area (Å²) in [6.45, 7) is 2.09. The van der Waals surface area contributed by atoms with Crippen LogP contribution < -0.4 is 10.6 Å². The molecule has 0 aliphatic heterocycles. The number of urea groups is 1. The molecule has 1 aromatic carbocycles. The van der Waals surface area contributed by atoms with Crippen molar-refractivity contribution in [2.24, 2.45) is 11.8 Å². The number of hydrogen-bond acceptors (Lipinski definition) is 1. The summed E-state index contributed by atoms with van der Waals surface area (Å²) in [5.41, 5.74) is 1.33. The minimum absolute atomic E-state index is 0.0272.